The molecule has 1 rings (SSSR count). The van der Waals surface area contributed by atoms with Crippen LogP contribution >= 0.6 is 0 Å². The Hall–Kier alpha value is -1.51. The van der Waals surface area contributed by atoms with Gasteiger partial charge in [-0.3, -0.25) is 4.79 Å². The first kappa shape index (κ1) is 15.5. The van der Waals surface area contributed by atoms with Crippen molar-refractivity contribution in [2.75, 3.05) is 0 Å². The van der Waals surface area contributed by atoms with Crippen molar-refractivity contribution < 1.29 is 9.53 Å². The topological polar surface area (TPSA) is 38.3 Å². The van der Waals surface area contributed by atoms with E-state index in [0.29, 0.717) is 5.92 Å². The van der Waals surface area contributed by atoms with E-state index in [1.165, 1.54) is 5.56 Å². The van der Waals surface area contributed by atoms with Crippen molar-refractivity contribution in [1.29, 1.82) is 0 Å². The van der Waals surface area contributed by atoms with Crippen LogP contribution in [-0.2, 0) is 4.79 Å². The molecule has 0 saturated carbocycles. The summed E-state index contributed by atoms with van der Waals surface area (Å²) in [5.74, 6) is 1.12. The summed E-state index contributed by atoms with van der Waals surface area (Å²) in [6, 6.07) is 6.03. The molecule has 1 aromatic rings. The van der Waals surface area contributed by atoms with Gasteiger partial charge in [0, 0.05) is 6.04 Å². The van der Waals surface area contributed by atoms with Gasteiger partial charge in [-0.25, -0.2) is 0 Å². The summed E-state index contributed by atoms with van der Waals surface area (Å²) < 4.78 is 5.76. The molecule has 1 aromatic carbocycles. The minimum atomic E-state index is -0.485. The number of benzene rings is 1. The maximum absolute atomic E-state index is 12.0. The van der Waals surface area contributed by atoms with E-state index < -0.39 is 6.10 Å². The van der Waals surface area contributed by atoms with Crippen molar-refractivity contribution >= 4 is 5.91 Å². The first-order chi connectivity index (χ1) is 8.82. The molecule has 1 amide bonds. The van der Waals surface area contributed by atoms with Crippen molar-refractivity contribution in [2.24, 2.45) is 5.92 Å². The molecule has 0 aliphatic heterocycles. The molecule has 2 atom stereocenters. The minimum Gasteiger partial charge on any atom is -0.481 e. The van der Waals surface area contributed by atoms with Gasteiger partial charge in [-0.2, -0.15) is 0 Å². The number of hydrogen-bond acceptors (Lipinski definition) is 2. The van der Waals surface area contributed by atoms with Gasteiger partial charge in [-0.15, -0.1) is 0 Å². The Kier molecular flexibility index (Phi) is 5.40. The van der Waals surface area contributed by atoms with Crippen LogP contribution in [0.25, 0.3) is 0 Å². The molecule has 0 aliphatic carbocycles. The van der Waals surface area contributed by atoms with Gasteiger partial charge in [0.05, 0.1) is 0 Å². The number of carbonyl (C=O) groups excluding carboxylic acids is 1. The smallest absolute Gasteiger partial charge is 0.260 e. The summed E-state index contributed by atoms with van der Waals surface area (Å²) in [4.78, 5) is 12.0. The largest absolute Gasteiger partial charge is 0.481 e. The van der Waals surface area contributed by atoms with Crippen LogP contribution in [-0.4, -0.2) is 18.1 Å². The van der Waals surface area contributed by atoms with Gasteiger partial charge < -0.3 is 10.1 Å². The Labute approximate surface area is 116 Å². The van der Waals surface area contributed by atoms with Gasteiger partial charge in [-0.1, -0.05) is 26.0 Å². The van der Waals surface area contributed by atoms with Crippen LogP contribution in [0.1, 0.15) is 38.8 Å². The summed E-state index contributed by atoms with van der Waals surface area (Å²) in [7, 11) is 0. The molecule has 1 N–H and O–H groups in total. The third-order valence-electron chi connectivity index (χ3n) is 3.60. The molecule has 3 heteroatoms. The Bertz CT molecular complexity index is 440. The lowest BCUT2D eigenvalue weighted by Crippen LogP contribution is -2.43. The van der Waals surface area contributed by atoms with Crippen LogP contribution in [0.2, 0.25) is 0 Å². The predicted octanol–water partition coefficient (Wildman–Crippen LogP) is 3.23. The minimum absolute atomic E-state index is 0.0675. The molecule has 0 bridgehead atoms. The molecule has 0 aliphatic rings. The number of amides is 1. The quantitative estimate of drug-likeness (QED) is 0.885. The zero-order valence-electron chi connectivity index (χ0n) is 12.8. The zero-order chi connectivity index (χ0) is 14.6. The fourth-order valence-corrected chi connectivity index (χ4v) is 1.60. The second-order valence-electron chi connectivity index (χ2n) is 5.50. The van der Waals surface area contributed by atoms with E-state index in [2.05, 4.69) is 19.2 Å². The highest BCUT2D eigenvalue weighted by atomic mass is 16.5. The van der Waals surface area contributed by atoms with Crippen molar-refractivity contribution in [3.63, 3.8) is 0 Å². The third-order valence-corrected chi connectivity index (χ3v) is 3.60. The molecular weight excluding hydrogens is 238 g/mol. The van der Waals surface area contributed by atoms with Gasteiger partial charge in [0.15, 0.2) is 6.10 Å². The molecule has 0 radical (unpaired) electrons. The Balaban J connectivity index is 2.66. The monoisotopic (exact) mass is 263 g/mol. The fraction of sp³-hybridized carbons (Fsp3) is 0.562. The number of hydrogen-bond donors (Lipinski definition) is 1. The Morgan fingerprint density at radius 2 is 1.79 bits per heavy atom. The van der Waals surface area contributed by atoms with Gasteiger partial charge in [0.2, 0.25) is 0 Å². The van der Waals surface area contributed by atoms with E-state index >= 15 is 0 Å². The van der Waals surface area contributed by atoms with E-state index in [1.807, 2.05) is 39.0 Å². The molecule has 0 unspecified atom stereocenters. The number of rotatable bonds is 5. The molecule has 0 saturated heterocycles. The van der Waals surface area contributed by atoms with E-state index in [9.17, 15) is 4.79 Å². The van der Waals surface area contributed by atoms with Gasteiger partial charge in [0.1, 0.15) is 5.75 Å². The second kappa shape index (κ2) is 6.60. The van der Waals surface area contributed by atoms with E-state index in [1.54, 1.807) is 6.92 Å². The van der Waals surface area contributed by atoms with Crippen molar-refractivity contribution in [2.45, 2.75) is 53.7 Å². The molecule has 0 aromatic heterocycles. The lowest BCUT2D eigenvalue weighted by atomic mass is 10.1. The molecule has 0 heterocycles. The third kappa shape index (κ3) is 4.27. The van der Waals surface area contributed by atoms with E-state index in [-0.39, 0.29) is 11.9 Å². The average Bonchev–Trinajstić information content (AvgIpc) is 2.34. The number of carbonyl (C=O) groups is 1. The molecule has 19 heavy (non-hydrogen) atoms. The molecule has 0 fully saturated rings. The van der Waals surface area contributed by atoms with Crippen LogP contribution in [0.15, 0.2) is 18.2 Å². The summed E-state index contributed by atoms with van der Waals surface area (Å²) in [5.41, 5.74) is 2.25. The predicted molar refractivity (Wildman–Crippen MR) is 78.4 cm³/mol. The van der Waals surface area contributed by atoms with E-state index in [0.717, 1.165) is 11.3 Å². The molecular formula is C16H25NO2. The van der Waals surface area contributed by atoms with Crippen molar-refractivity contribution in [3.05, 3.63) is 29.3 Å². The maximum Gasteiger partial charge on any atom is 0.260 e. The van der Waals surface area contributed by atoms with Crippen LogP contribution in [0.3, 0.4) is 0 Å². The second-order valence-corrected chi connectivity index (χ2v) is 5.50. The first-order valence-corrected chi connectivity index (χ1v) is 6.86. The number of aryl methyl sites for hydroxylation is 1. The standard InChI is InChI=1S/C16H25NO2/c1-10(2)13(5)17-16(18)14(6)19-15-9-7-8-11(3)12(15)4/h7-10,13-14H,1-6H3,(H,17,18)/t13-,14-/m0/s1. The lowest BCUT2D eigenvalue weighted by Gasteiger charge is -2.21. The van der Waals surface area contributed by atoms with E-state index in [4.69, 9.17) is 4.74 Å². The summed E-state index contributed by atoms with van der Waals surface area (Å²) >= 11 is 0. The SMILES string of the molecule is Cc1cccc(O[C@@H](C)C(=O)N[C@@H](C)C(C)C)c1C. The average molecular weight is 263 g/mol. The van der Waals surface area contributed by atoms with Crippen LogP contribution in [0.4, 0.5) is 0 Å². The summed E-state index contributed by atoms with van der Waals surface area (Å²) in [5, 5.41) is 2.97. The Morgan fingerprint density at radius 1 is 1.16 bits per heavy atom. The fourth-order valence-electron chi connectivity index (χ4n) is 1.60. The van der Waals surface area contributed by atoms with Gasteiger partial charge >= 0.3 is 0 Å². The van der Waals surface area contributed by atoms with Gasteiger partial charge in [0.25, 0.3) is 5.91 Å². The van der Waals surface area contributed by atoms with Crippen molar-refractivity contribution in [1.82, 2.24) is 5.32 Å². The molecule has 3 nitrogen and oxygen atoms in total. The van der Waals surface area contributed by atoms with Crippen molar-refractivity contribution in [3.8, 4) is 5.75 Å². The molecule has 0 spiro atoms. The lowest BCUT2D eigenvalue weighted by molar-refractivity contribution is -0.128. The maximum atomic E-state index is 12.0. The van der Waals surface area contributed by atoms with Crippen LogP contribution in [0.5, 0.6) is 5.75 Å². The van der Waals surface area contributed by atoms with Crippen LogP contribution < -0.4 is 10.1 Å². The summed E-state index contributed by atoms with van der Waals surface area (Å²) in [6.07, 6.45) is -0.485. The Morgan fingerprint density at radius 3 is 2.37 bits per heavy atom. The number of nitrogens with one attached hydrogen (secondary N) is 1. The normalized spacial score (nSPS) is 14.1. The highest BCUT2D eigenvalue weighted by molar-refractivity contribution is 5.81. The number of ether oxygens (including phenoxy) is 1. The zero-order valence-corrected chi connectivity index (χ0v) is 12.8. The highest BCUT2D eigenvalue weighted by Crippen LogP contribution is 2.21. The molecule has 106 valence electrons. The highest BCUT2D eigenvalue weighted by Gasteiger charge is 2.19. The summed E-state index contributed by atoms with van der Waals surface area (Å²) in [6.45, 7) is 12.0. The van der Waals surface area contributed by atoms with Gasteiger partial charge in [-0.05, 0) is 50.8 Å². The van der Waals surface area contributed by atoms with Crippen LogP contribution in [0, 0.1) is 19.8 Å². The first-order valence-electron chi connectivity index (χ1n) is 6.86.